The molecule has 59 heavy (non-hydrogen) atoms. The minimum absolute atomic E-state index is 0.0361. The number of phenols is 2. The minimum Gasteiger partial charge on any atom is -0.508 e. The minimum atomic E-state index is -0.468. The lowest BCUT2D eigenvalue weighted by molar-refractivity contribution is -0.146. The van der Waals surface area contributed by atoms with Crippen LogP contribution in [0.1, 0.15) is 128 Å². The van der Waals surface area contributed by atoms with E-state index < -0.39 is 5.41 Å². The number of nitrogens with zero attached hydrogens (tertiary/aromatic N) is 2. The Balaban J connectivity index is 1.46. The van der Waals surface area contributed by atoms with Gasteiger partial charge in [0.25, 0.3) is 0 Å². The van der Waals surface area contributed by atoms with Gasteiger partial charge in [-0.1, -0.05) is 122 Å². The van der Waals surface area contributed by atoms with E-state index in [2.05, 4.69) is 80.8 Å². The van der Waals surface area contributed by atoms with Gasteiger partial charge < -0.3 is 24.7 Å². The molecule has 0 fully saturated rings. The van der Waals surface area contributed by atoms with Crippen molar-refractivity contribution in [2.45, 2.75) is 130 Å². The molecule has 9 heteroatoms. The molecular formula is C50H68N2O5S2. The second kappa shape index (κ2) is 25.5. The van der Waals surface area contributed by atoms with Crippen LogP contribution in [-0.2, 0) is 32.8 Å². The molecule has 0 aromatic heterocycles. The lowest BCUT2D eigenvalue weighted by atomic mass is 9.77. The van der Waals surface area contributed by atoms with Crippen molar-refractivity contribution in [1.29, 1.82) is 0 Å². The van der Waals surface area contributed by atoms with Gasteiger partial charge in [-0.2, -0.15) is 0 Å². The Kier molecular flexibility index (Phi) is 20.6. The number of carbonyl (C=O) groups excluding carboxylic acids is 2. The molecule has 0 radical (unpaired) electrons. The summed E-state index contributed by atoms with van der Waals surface area (Å²) in [6.45, 7) is 11.7. The Morgan fingerprint density at radius 1 is 0.644 bits per heavy atom. The van der Waals surface area contributed by atoms with Crippen molar-refractivity contribution >= 4 is 46.7 Å². The number of aromatic hydroxyl groups is 2. The summed E-state index contributed by atoms with van der Waals surface area (Å²) in [5, 5.41) is 22.3. The predicted octanol–water partition coefficient (Wildman–Crippen LogP) is 12.6. The average Bonchev–Trinajstić information content (AvgIpc) is 3.24. The molecule has 0 amide bonds. The van der Waals surface area contributed by atoms with Gasteiger partial charge in [0.2, 0.25) is 0 Å². The Labute approximate surface area is 363 Å². The molecule has 0 spiro atoms. The highest BCUT2D eigenvalue weighted by Crippen LogP contribution is 2.37. The molecule has 1 atom stereocenters. The highest BCUT2D eigenvalue weighted by atomic mass is 32.2. The number of phenolic OH excluding ortho intramolecular Hbond substituents is 2. The van der Waals surface area contributed by atoms with Crippen LogP contribution >= 0.6 is 23.5 Å². The highest BCUT2D eigenvalue weighted by molar-refractivity contribution is 8.00. The van der Waals surface area contributed by atoms with E-state index in [0.717, 1.165) is 65.7 Å². The van der Waals surface area contributed by atoms with Crippen molar-refractivity contribution in [1.82, 2.24) is 0 Å². The van der Waals surface area contributed by atoms with Crippen LogP contribution in [0.4, 0.5) is 11.4 Å². The number of esters is 1. The molecule has 0 aliphatic heterocycles. The standard InChI is InChI=1S/C50H68N2O5S2/c1-6-9-11-12-13-20-26-46(8-3)57-49(56)36-59-38-52(44-23-18-15-19-24-44)34-40-32-42(28-30-48(40)55)50(4,5)41-27-29-47(54)39(31-41)33-51(43-21-16-14-17-22-43)37-58-35-45(53)25-10-7-2/h14-19,21-24,27-32,46,54-55H,6-13,20,25-26,33-38H2,1-5H3. The van der Waals surface area contributed by atoms with E-state index in [-0.39, 0.29) is 35.1 Å². The highest BCUT2D eigenvalue weighted by Gasteiger charge is 2.26. The average molecular weight is 841 g/mol. The van der Waals surface area contributed by atoms with Crippen LogP contribution in [0.25, 0.3) is 0 Å². The number of hydrogen-bond acceptors (Lipinski definition) is 9. The first kappa shape index (κ1) is 47.6. The van der Waals surface area contributed by atoms with Crippen molar-refractivity contribution < 1.29 is 24.5 Å². The van der Waals surface area contributed by atoms with Gasteiger partial charge in [0.15, 0.2) is 0 Å². The van der Waals surface area contributed by atoms with Crippen molar-refractivity contribution in [2.24, 2.45) is 0 Å². The Morgan fingerprint density at radius 3 is 1.64 bits per heavy atom. The quantitative estimate of drug-likeness (QED) is 0.0330. The van der Waals surface area contributed by atoms with E-state index in [1.54, 1.807) is 23.9 Å². The zero-order chi connectivity index (χ0) is 42.5. The zero-order valence-corrected chi connectivity index (χ0v) is 37.8. The lowest BCUT2D eigenvalue weighted by Gasteiger charge is -2.30. The molecule has 4 rings (SSSR count). The van der Waals surface area contributed by atoms with Crippen LogP contribution in [0.5, 0.6) is 11.5 Å². The van der Waals surface area contributed by atoms with Gasteiger partial charge >= 0.3 is 5.97 Å². The molecular weight excluding hydrogens is 773 g/mol. The monoisotopic (exact) mass is 840 g/mol. The Hall–Kier alpha value is -4.08. The summed E-state index contributed by atoms with van der Waals surface area (Å²) in [5.74, 6) is 2.43. The number of para-hydroxylation sites is 2. The first-order chi connectivity index (χ1) is 28.5. The molecule has 320 valence electrons. The number of benzene rings is 4. The van der Waals surface area contributed by atoms with E-state index in [0.29, 0.717) is 37.0 Å². The topological polar surface area (TPSA) is 90.3 Å². The zero-order valence-electron chi connectivity index (χ0n) is 36.2. The predicted molar refractivity (Wildman–Crippen MR) is 251 cm³/mol. The van der Waals surface area contributed by atoms with Crippen molar-refractivity contribution in [2.75, 3.05) is 33.1 Å². The molecule has 0 saturated heterocycles. The maximum atomic E-state index is 13.0. The molecule has 4 aromatic carbocycles. The maximum Gasteiger partial charge on any atom is 0.316 e. The largest absolute Gasteiger partial charge is 0.508 e. The van der Waals surface area contributed by atoms with Crippen LogP contribution in [0, 0.1) is 0 Å². The molecule has 0 bridgehead atoms. The maximum absolute atomic E-state index is 13.0. The molecule has 4 aromatic rings. The van der Waals surface area contributed by atoms with Gasteiger partial charge in [0.05, 0.1) is 23.3 Å². The van der Waals surface area contributed by atoms with Crippen molar-refractivity contribution in [3.8, 4) is 11.5 Å². The number of hydrogen-bond donors (Lipinski definition) is 2. The van der Waals surface area contributed by atoms with E-state index in [9.17, 15) is 19.8 Å². The summed E-state index contributed by atoms with van der Waals surface area (Å²) in [6.07, 6.45) is 11.6. The Bertz CT molecular complexity index is 1840. The smallest absolute Gasteiger partial charge is 0.316 e. The summed E-state index contributed by atoms with van der Waals surface area (Å²) < 4.78 is 5.89. The van der Waals surface area contributed by atoms with Crippen LogP contribution in [0.2, 0.25) is 0 Å². The second-order valence-corrected chi connectivity index (χ2v) is 18.0. The number of rotatable bonds is 28. The summed E-state index contributed by atoms with van der Waals surface area (Å²) in [5.41, 5.74) is 5.21. The van der Waals surface area contributed by atoms with Gasteiger partial charge in [0, 0.05) is 47.4 Å². The SMILES string of the molecule is CCCCCCCCC(CC)OC(=O)CSCN(Cc1cc(C(C)(C)c2ccc(O)c(CN(CSCC(=O)CCCC)c3ccccc3)c2)ccc1O)c1ccccc1. The van der Waals surface area contributed by atoms with Crippen molar-refractivity contribution in [3.63, 3.8) is 0 Å². The number of carbonyl (C=O) groups is 2. The van der Waals surface area contributed by atoms with Crippen LogP contribution in [-0.4, -0.2) is 51.3 Å². The molecule has 7 nitrogen and oxygen atoms in total. The number of thioether (sulfide) groups is 2. The van der Waals surface area contributed by atoms with E-state index in [1.807, 2.05) is 48.5 Å². The first-order valence-corrected chi connectivity index (χ1v) is 24.0. The number of ether oxygens (including phenoxy) is 1. The lowest BCUT2D eigenvalue weighted by Crippen LogP contribution is -2.25. The molecule has 0 aliphatic carbocycles. The van der Waals surface area contributed by atoms with Crippen LogP contribution in [0.15, 0.2) is 97.1 Å². The fourth-order valence-corrected chi connectivity index (χ4v) is 8.86. The number of Topliss-reactive ketones (excluding diaryl/α,β-unsaturated/α-hetero) is 1. The van der Waals surface area contributed by atoms with Gasteiger partial charge in [-0.3, -0.25) is 9.59 Å². The van der Waals surface area contributed by atoms with Crippen LogP contribution in [0.3, 0.4) is 0 Å². The van der Waals surface area contributed by atoms with Gasteiger partial charge in [-0.05, 0) is 85.3 Å². The fourth-order valence-electron chi connectivity index (χ4n) is 7.15. The van der Waals surface area contributed by atoms with E-state index in [4.69, 9.17) is 4.74 Å². The normalized spacial score (nSPS) is 11.9. The summed E-state index contributed by atoms with van der Waals surface area (Å²) >= 11 is 3.13. The van der Waals surface area contributed by atoms with Gasteiger partial charge in [-0.15, -0.1) is 23.5 Å². The van der Waals surface area contributed by atoms with Crippen LogP contribution < -0.4 is 9.80 Å². The summed E-state index contributed by atoms with van der Waals surface area (Å²) in [6, 6.07) is 31.9. The van der Waals surface area contributed by atoms with E-state index in [1.165, 1.54) is 43.9 Å². The van der Waals surface area contributed by atoms with Gasteiger partial charge in [0.1, 0.15) is 23.4 Å². The fraction of sp³-hybridized carbons (Fsp3) is 0.480. The molecule has 2 N–H and O–H groups in total. The molecule has 1 unspecified atom stereocenters. The molecule has 0 saturated carbocycles. The third-order valence-corrected chi connectivity index (χ3v) is 12.9. The summed E-state index contributed by atoms with van der Waals surface area (Å²) in [4.78, 5) is 29.8. The van der Waals surface area contributed by atoms with Gasteiger partial charge in [-0.25, -0.2) is 0 Å². The number of ketones is 1. The number of unbranched alkanes of at least 4 members (excludes halogenated alkanes) is 6. The van der Waals surface area contributed by atoms with E-state index >= 15 is 0 Å². The second-order valence-electron chi connectivity index (χ2n) is 16.1. The number of anilines is 2. The molecule has 0 heterocycles. The summed E-state index contributed by atoms with van der Waals surface area (Å²) in [7, 11) is 0. The molecule has 0 aliphatic rings. The third kappa shape index (κ3) is 15.8. The third-order valence-electron chi connectivity index (χ3n) is 11.0. The van der Waals surface area contributed by atoms with Crippen molar-refractivity contribution in [3.05, 3.63) is 119 Å². The first-order valence-electron chi connectivity index (χ1n) is 21.7. The Morgan fingerprint density at radius 2 is 1.14 bits per heavy atom.